The number of amides is 1. The summed E-state index contributed by atoms with van der Waals surface area (Å²) in [7, 11) is 1.74. The highest BCUT2D eigenvalue weighted by Gasteiger charge is 2.25. The molecule has 1 aliphatic heterocycles. The molecule has 1 aromatic carbocycles. The summed E-state index contributed by atoms with van der Waals surface area (Å²) < 4.78 is 6.97. The van der Waals surface area contributed by atoms with E-state index in [9.17, 15) is 4.79 Å². The molecule has 1 amide bonds. The SMILES string of the molecule is CCC(=O)N1CCC(NC(=NC)NCc2ccc(-c3ccc(Br)cc3)o2)C1. The maximum Gasteiger partial charge on any atom is 0.222 e. The van der Waals surface area contributed by atoms with Crippen molar-refractivity contribution < 1.29 is 9.21 Å². The van der Waals surface area contributed by atoms with Crippen molar-refractivity contribution in [2.24, 2.45) is 4.99 Å². The normalized spacial score (nSPS) is 17.2. The van der Waals surface area contributed by atoms with E-state index in [2.05, 4.69) is 31.6 Å². The first-order valence-corrected chi connectivity index (χ1v) is 9.98. The number of likely N-dealkylation sites (tertiary alicyclic amines) is 1. The minimum absolute atomic E-state index is 0.207. The van der Waals surface area contributed by atoms with Gasteiger partial charge in [-0.1, -0.05) is 35.0 Å². The van der Waals surface area contributed by atoms with E-state index in [0.717, 1.165) is 41.1 Å². The molecule has 27 heavy (non-hydrogen) atoms. The van der Waals surface area contributed by atoms with Gasteiger partial charge in [-0.25, -0.2) is 0 Å². The summed E-state index contributed by atoms with van der Waals surface area (Å²) in [4.78, 5) is 18.0. The molecule has 0 saturated carbocycles. The van der Waals surface area contributed by atoms with Crippen LogP contribution in [0.5, 0.6) is 0 Å². The highest BCUT2D eigenvalue weighted by Crippen LogP contribution is 2.23. The number of hydrogen-bond donors (Lipinski definition) is 2. The minimum atomic E-state index is 0.207. The van der Waals surface area contributed by atoms with E-state index >= 15 is 0 Å². The largest absolute Gasteiger partial charge is 0.459 e. The van der Waals surface area contributed by atoms with E-state index in [1.807, 2.05) is 48.2 Å². The fourth-order valence-corrected chi connectivity index (χ4v) is 3.39. The Bertz CT molecular complexity index is 801. The van der Waals surface area contributed by atoms with Crippen LogP contribution in [0.15, 0.2) is 50.3 Å². The molecule has 2 N–H and O–H groups in total. The zero-order valence-electron chi connectivity index (χ0n) is 15.7. The van der Waals surface area contributed by atoms with Gasteiger partial charge in [0.25, 0.3) is 0 Å². The van der Waals surface area contributed by atoms with E-state index in [-0.39, 0.29) is 11.9 Å². The average molecular weight is 433 g/mol. The zero-order valence-corrected chi connectivity index (χ0v) is 17.3. The molecule has 1 aromatic heterocycles. The molecule has 2 aromatic rings. The predicted octanol–water partition coefficient (Wildman–Crippen LogP) is 3.39. The van der Waals surface area contributed by atoms with E-state index in [1.54, 1.807) is 7.05 Å². The van der Waals surface area contributed by atoms with Gasteiger partial charge in [-0.05, 0) is 30.7 Å². The molecule has 144 valence electrons. The van der Waals surface area contributed by atoms with Gasteiger partial charge in [0.05, 0.1) is 6.54 Å². The fraction of sp³-hybridized carbons (Fsp3) is 0.400. The Morgan fingerprint density at radius 3 is 2.78 bits per heavy atom. The van der Waals surface area contributed by atoms with Crippen LogP contribution in [-0.4, -0.2) is 42.9 Å². The van der Waals surface area contributed by atoms with Crippen molar-refractivity contribution in [3.05, 3.63) is 46.6 Å². The molecule has 1 saturated heterocycles. The third-order valence-corrected chi connectivity index (χ3v) is 5.16. The summed E-state index contributed by atoms with van der Waals surface area (Å²) in [6.07, 6.45) is 1.49. The first kappa shape index (κ1) is 19.5. The highest BCUT2D eigenvalue weighted by atomic mass is 79.9. The molecule has 1 atom stereocenters. The summed E-state index contributed by atoms with van der Waals surface area (Å²) >= 11 is 3.44. The van der Waals surface area contributed by atoms with Gasteiger partial charge in [-0.2, -0.15) is 0 Å². The molecule has 1 unspecified atom stereocenters. The Labute approximate surface area is 168 Å². The van der Waals surface area contributed by atoms with E-state index in [0.29, 0.717) is 18.9 Å². The van der Waals surface area contributed by atoms with Crippen molar-refractivity contribution in [3.63, 3.8) is 0 Å². The third kappa shape index (κ3) is 5.13. The van der Waals surface area contributed by atoms with Gasteiger partial charge < -0.3 is 20.0 Å². The first-order chi connectivity index (χ1) is 13.1. The number of nitrogens with one attached hydrogen (secondary N) is 2. The Hall–Kier alpha value is -2.28. The summed E-state index contributed by atoms with van der Waals surface area (Å²) in [5.74, 6) is 2.60. The topological polar surface area (TPSA) is 69.9 Å². The van der Waals surface area contributed by atoms with Crippen molar-refractivity contribution in [1.29, 1.82) is 0 Å². The predicted molar refractivity (Wildman–Crippen MR) is 110 cm³/mol. The van der Waals surface area contributed by atoms with Gasteiger partial charge >= 0.3 is 0 Å². The number of guanidine groups is 1. The van der Waals surface area contributed by atoms with Crippen LogP contribution in [0.3, 0.4) is 0 Å². The molecule has 1 fully saturated rings. The summed E-state index contributed by atoms with van der Waals surface area (Å²) in [5.41, 5.74) is 1.04. The van der Waals surface area contributed by atoms with Crippen molar-refractivity contribution in [1.82, 2.24) is 15.5 Å². The Morgan fingerprint density at radius 2 is 2.07 bits per heavy atom. The second kappa shape index (κ2) is 9.08. The molecule has 1 aliphatic rings. The second-order valence-corrected chi connectivity index (χ2v) is 7.44. The molecule has 0 bridgehead atoms. The minimum Gasteiger partial charge on any atom is -0.459 e. The standard InChI is InChI=1S/C20H25BrN4O2/c1-3-19(26)25-11-10-16(13-25)24-20(22-2)23-12-17-8-9-18(27-17)14-4-6-15(21)7-5-14/h4-9,16H,3,10-13H2,1-2H3,(H2,22,23,24). The van der Waals surface area contributed by atoms with Crippen molar-refractivity contribution in [3.8, 4) is 11.3 Å². The van der Waals surface area contributed by atoms with Crippen LogP contribution in [0.25, 0.3) is 11.3 Å². The number of benzene rings is 1. The van der Waals surface area contributed by atoms with Gasteiger partial charge in [0.1, 0.15) is 11.5 Å². The maximum atomic E-state index is 11.8. The molecular formula is C20H25BrN4O2. The van der Waals surface area contributed by atoms with E-state index < -0.39 is 0 Å². The molecule has 2 heterocycles. The number of aliphatic imine (C=N–C) groups is 1. The smallest absolute Gasteiger partial charge is 0.222 e. The summed E-state index contributed by atoms with van der Waals surface area (Å²) in [5, 5.41) is 6.67. The van der Waals surface area contributed by atoms with Crippen LogP contribution in [0.2, 0.25) is 0 Å². The molecular weight excluding hydrogens is 408 g/mol. The van der Waals surface area contributed by atoms with Crippen LogP contribution >= 0.6 is 15.9 Å². The first-order valence-electron chi connectivity index (χ1n) is 9.18. The lowest BCUT2D eigenvalue weighted by Gasteiger charge is -2.18. The maximum absolute atomic E-state index is 11.8. The van der Waals surface area contributed by atoms with E-state index in [1.165, 1.54) is 0 Å². The van der Waals surface area contributed by atoms with Gasteiger partial charge in [-0.15, -0.1) is 0 Å². The number of rotatable bonds is 5. The van der Waals surface area contributed by atoms with Gasteiger partial charge in [0, 0.05) is 42.6 Å². The Balaban J connectivity index is 1.52. The van der Waals surface area contributed by atoms with Crippen LogP contribution in [0, 0.1) is 0 Å². The zero-order chi connectivity index (χ0) is 19.2. The van der Waals surface area contributed by atoms with Crippen LogP contribution in [0.4, 0.5) is 0 Å². The van der Waals surface area contributed by atoms with Gasteiger partial charge in [-0.3, -0.25) is 9.79 Å². The molecule has 0 spiro atoms. The molecule has 7 heteroatoms. The van der Waals surface area contributed by atoms with E-state index in [4.69, 9.17) is 4.42 Å². The van der Waals surface area contributed by atoms with Gasteiger partial charge in [0.2, 0.25) is 5.91 Å². The quantitative estimate of drug-likeness (QED) is 0.561. The highest BCUT2D eigenvalue weighted by molar-refractivity contribution is 9.10. The van der Waals surface area contributed by atoms with Crippen LogP contribution < -0.4 is 10.6 Å². The molecule has 0 aliphatic carbocycles. The average Bonchev–Trinajstić information content (AvgIpc) is 3.34. The molecule has 3 rings (SSSR count). The van der Waals surface area contributed by atoms with Crippen LogP contribution in [0.1, 0.15) is 25.5 Å². The number of hydrogen-bond acceptors (Lipinski definition) is 3. The second-order valence-electron chi connectivity index (χ2n) is 6.52. The lowest BCUT2D eigenvalue weighted by molar-refractivity contribution is -0.129. The van der Waals surface area contributed by atoms with Crippen molar-refractivity contribution in [2.45, 2.75) is 32.4 Å². The number of carbonyl (C=O) groups excluding carboxylic acids is 1. The Kier molecular flexibility index (Phi) is 6.55. The van der Waals surface area contributed by atoms with Gasteiger partial charge in [0.15, 0.2) is 5.96 Å². The van der Waals surface area contributed by atoms with Crippen molar-refractivity contribution >= 4 is 27.8 Å². The summed E-state index contributed by atoms with van der Waals surface area (Å²) in [6.45, 7) is 3.97. The third-order valence-electron chi connectivity index (χ3n) is 4.63. The number of nitrogens with zero attached hydrogens (tertiary/aromatic N) is 2. The lowest BCUT2D eigenvalue weighted by atomic mass is 10.2. The lowest BCUT2D eigenvalue weighted by Crippen LogP contribution is -2.44. The molecule has 6 nitrogen and oxygen atoms in total. The number of carbonyl (C=O) groups is 1. The number of furan rings is 1. The van der Waals surface area contributed by atoms with Crippen LogP contribution in [-0.2, 0) is 11.3 Å². The summed E-state index contributed by atoms with van der Waals surface area (Å²) in [6, 6.07) is 12.2. The Morgan fingerprint density at radius 1 is 1.30 bits per heavy atom. The molecule has 0 radical (unpaired) electrons. The number of halogens is 1. The fourth-order valence-electron chi connectivity index (χ4n) is 3.13. The van der Waals surface area contributed by atoms with Crippen molar-refractivity contribution in [2.75, 3.05) is 20.1 Å². The monoisotopic (exact) mass is 432 g/mol.